The number of carbonyl (C=O) groups excluding carboxylic acids is 2. The van der Waals surface area contributed by atoms with E-state index in [-0.39, 0.29) is 22.0 Å². The summed E-state index contributed by atoms with van der Waals surface area (Å²) in [7, 11) is 0. The number of ether oxygens (including phenoxy) is 1. The lowest BCUT2D eigenvalue weighted by atomic mass is 9.93. The number of carbonyl (C=O) groups is 2. The van der Waals surface area contributed by atoms with Crippen LogP contribution in [0.5, 0.6) is 0 Å². The zero-order valence-corrected chi connectivity index (χ0v) is 16.1. The smallest absolute Gasteiger partial charge is 0.368 e. The molecule has 0 fully saturated rings. The summed E-state index contributed by atoms with van der Waals surface area (Å²) in [6, 6.07) is -0.164. The van der Waals surface area contributed by atoms with Crippen LogP contribution in [0.15, 0.2) is 12.2 Å². The number of nitrogens with one attached hydrogen (secondary N) is 1. The van der Waals surface area contributed by atoms with Crippen LogP contribution in [-0.4, -0.2) is 28.1 Å². The van der Waals surface area contributed by atoms with Crippen LogP contribution in [0.25, 0.3) is 0 Å². The van der Waals surface area contributed by atoms with Gasteiger partial charge in [0, 0.05) is 10.2 Å². The fourth-order valence-electron chi connectivity index (χ4n) is 2.20. The molecule has 132 valence electrons. The van der Waals surface area contributed by atoms with E-state index >= 15 is 0 Å². The minimum atomic E-state index is -0.458. The molecule has 2 unspecified atom stereocenters. The Labute approximate surface area is 144 Å². The van der Waals surface area contributed by atoms with Gasteiger partial charge in [0.25, 0.3) is 0 Å². The molecule has 2 atom stereocenters. The summed E-state index contributed by atoms with van der Waals surface area (Å²) in [6.45, 7) is 11.6. The van der Waals surface area contributed by atoms with Crippen LogP contribution in [-0.2, 0) is 9.53 Å². The molecule has 0 spiro atoms. The highest BCUT2D eigenvalue weighted by Crippen LogP contribution is 2.27. The van der Waals surface area contributed by atoms with Crippen molar-refractivity contribution in [2.45, 2.75) is 84.1 Å². The normalized spacial score (nSPS) is 24.3. The second kappa shape index (κ2) is 8.22. The molecule has 1 aliphatic carbocycles. The lowest BCUT2D eigenvalue weighted by Crippen LogP contribution is -2.48. The number of hydrogen-bond donors (Lipinski definition) is 1. The van der Waals surface area contributed by atoms with Crippen LogP contribution in [0, 0.1) is 5.41 Å². The summed E-state index contributed by atoms with van der Waals surface area (Å²) in [5, 5.41) is 2.78. The third-order valence-corrected chi connectivity index (χ3v) is 4.35. The minimum Gasteiger partial charge on any atom is -0.448 e. The maximum absolute atomic E-state index is 12.3. The lowest BCUT2D eigenvalue weighted by molar-refractivity contribution is -0.130. The van der Waals surface area contributed by atoms with Crippen molar-refractivity contribution in [1.29, 1.82) is 0 Å². The van der Waals surface area contributed by atoms with E-state index in [2.05, 4.69) is 11.4 Å². The van der Waals surface area contributed by atoms with E-state index in [0.717, 1.165) is 25.7 Å². The van der Waals surface area contributed by atoms with E-state index in [1.165, 1.54) is 11.8 Å². The van der Waals surface area contributed by atoms with Crippen LogP contribution in [0.4, 0.5) is 4.79 Å². The van der Waals surface area contributed by atoms with E-state index in [4.69, 9.17) is 4.74 Å². The predicted octanol–water partition coefficient (Wildman–Crippen LogP) is 4.68. The first kappa shape index (κ1) is 20.1. The van der Waals surface area contributed by atoms with Gasteiger partial charge in [-0.05, 0) is 37.1 Å². The van der Waals surface area contributed by atoms with Crippen molar-refractivity contribution in [3.63, 3.8) is 0 Å². The number of amides is 1. The van der Waals surface area contributed by atoms with Gasteiger partial charge < -0.3 is 10.1 Å². The van der Waals surface area contributed by atoms with Gasteiger partial charge in [0.2, 0.25) is 5.91 Å². The summed E-state index contributed by atoms with van der Waals surface area (Å²) in [4.78, 5) is 24.5. The molecule has 1 aliphatic rings. The molecular formula is C18H31NO3S. The molecular weight excluding hydrogens is 310 g/mol. The van der Waals surface area contributed by atoms with Gasteiger partial charge in [-0.3, -0.25) is 4.79 Å². The Morgan fingerprint density at radius 1 is 1.13 bits per heavy atom. The van der Waals surface area contributed by atoms with Crippen LogP contribution < -0.4 is 5.32 Å². The minimum absolute atomic E-state index is 0.0130. The molecule has 1 N–H and O–H groups in total. The quantitative estimate of drug-likeness (QED) is 0.585. The van der Waals surface area contributed by atoms with Crippen molar-refractivity contribution in [2.24, 2.45) is 5.41 Å². The van der Waals surface area contributed by atoms with Crippen LogP contribution in [0.2, 0.25) is 0 Å². The molecule has 0 aliphatic heterocycles. The average Bonchev–Trinajstić information content (AvgIpc) is 2.33. The van der Waals surface area contributed by atoms with E-state index in [9.17, 15) is 9.59 Å². The molecule has 0 aromatic heterocycles. The Balaban J connectivity index is 2.81. The molecule has 5 heteroatoms. The summed E-state index contributed by atoms with van der Waals surface area (Å²) >= 11 is 1.18. The maximum atomic E-state index is 12.3. The first-order chi connectivity index (χ1) is 10.5. The number of hydrogen-bond acceptors (Lipinski definition) is 4. The highest BCUT2D eigenvalue weighted by molar-refractivity contribution is 8.14. The lowest BCUT2D eigenvalue weighted by Gasteiger charge is -2.30. The van der Waals surface area contributed by atoms with Crippen LogP contribution in [0.1, 0.15) is 67.2 Å². The number of allylic oxidation sites excluding steroid dienone is 1. The summed E-state index contributed by atoms with van der Waals surface area (Å²) in [5.74, 6) is -0.0130. The average molecular weight is 342 g/mol. The highest BCUT2D eigenvalue weighted by Gasteiger charge is 2.30. The van der Waals surface area contributed by atoms with Gasteiger partial charge in [0.05, 0.1) is 6.04 Å². The summed E-state index contributed by atoms with van der Waals surface area (Å²) in [6.07, 6.45) is 7.49. The van der Waals surface area contributed by atoms with E-state index in [1.54, 1.807) is 0 Å². The molecule has 1 rings (SSSR count). The van der Waals surface area contributed by atoms with Crippen molar-refractivity contribution in [2.75, 3.05) is 0 Å². The van der Waals surface area contributed by atoms with Crippen molar-refractivity contribution in [3.8, 4) is 0 Å². The second-order valence-electron chi connectivity index (χ2n) is 8.09. The van der Waals surface area contributed by atoms with Gasteiger partial charge >= 0.3 is 5.30 Å². The van der Waals surface area contributed by atoms with Gasteiger partial charge in [-0.15, -0.1) is 0 Å². The molecule has 0 saturated carbocycles. The molecule has 4 nitrogen and oxygen atoms in total. The topological polar surface area (TPSA) is 55.4 Å². The summed E-state index contributed by atoms with van der Waals surface area (Å²) in [5.41, 5.74) is -0.458. The van der Waals surface area contributed by atoms with Gasteiger partial charge in [-0.25, -0.2) is 4.79 Å². The van der Waals surface area contributed by atoms with E-state index in [0.29, 0.717) is 0 Å². The molecule has 0 aromatic carbocycles. The van der Waals surface area contributed by atoms with Gasteiger partial charge in [-0.2, -0.15) is 0 Å². The zero-order chi connectivity index (χ0) is 17.7. The fraction of sp³-hybridized carbons (Fsp3) is 0.778. The maximum Gasteiger partial charge on any atom is 0.368 e. The number of thioether (sulfide) groups is 1. The summed E-state index contributed by atoms with van der Waals surface area (Å²) < 4.78 is 5.46. The molecule has 0 heterocycles. The molecule has 0 bridgehead atoms. The molecule has 0 saturated heterocycles. The predicted molar refractivity (Wildman–Crippen MR) is 96.6 cm³/mol. The van der Waals surface area contributed by atoms with E-state index < -0.39 is 11.5 Å². The van der Waals surface area contributed by atoms with Gasteiger partial charge in [0.1, 0.15) is 6.10 Å². The SMILES string of the molecule is CC(C)(C)SC(=O)OC1/C=C/CCCCC1NC(=O)C(C)(C)C. The number of rotatable bonds is 2. The molecule has 0 radical (unpaired) electrons. The second-order valence-corrected chi connectivity index (χ2v) is 9.85. The monoisotopic (exact) mass is 341 g/mol. The van der Waals surface area contributed by atoms with E-state index in [1.807, 2.05) is 47.6 Å². The standard InChI is InChI=1S/C18H31NO3S/c1-17(2,3)15(20)19-13-11-9-7-8-10-12-14(13)22-16(21)23-18(4,5)6/h10,12-14H,7-9,11H2,1-6H3,(H,19,20)/b12-10+. The fourth-order valence-corrected chi connectivity index (χ4v) is 2.86. The van der Waals surface area contributed by atoms with Crippen molar-refractivity contribution in [3.05, 3.63) is 12.2 Å². The van der Waals surface area contributed by atoms with Crippen LogP contribution in [0.3, 0.4) is 0 Å². The third kappa shape index (κ3) is 7.91. The zero-order valence-electron chi connectivity index (χ0n) is 15.3. The Morgan fingerprint density at radius 3 is 2.35 bits per heavy atom. The Bertz CT molecular complexity index is 446. The first-order valence-electron chi connectivity index (χ1n) is 8.36. The third-order valence-electron chi connectivity index (χ3n) is 3.48. The van der Waals surface area contributed by atoms with Crippen LogP contribution >= 0.6 is 11.8 Å². The molecule has 23 heavy (non-hydrogen) atoms. The van der Waals surface area contributed by atoms with Crippen molar-refractivity contribution in [1.82, 2.24) is 5.32 Å². The molecule has 1 amide bonds. The highest BCUT2D eigenvalue weighted by atomic mass is 32.2. The van der Waals surface area contributed by atoms with Crippen molar-refractivity contribution >= 4 is 23.0 Å². The Kier molecular flexibility index (Phi) is 7.18. The van der Waals surface area contributed by atoms with Gasteiger partial charge in [0.15, 0.2) is 0 Å². The van der Waals surface area contributed by atoms with Gasteiger partial charge in [-0.1, -0.05) is 54.0 Å². The largest absolute Gasteiger partial charge is 0.448 e. The van der Waals surface area contributed by atoms with Crippen molar-refractivity contribution < 1.29 is 14.3 Å². The Hall–Kier alpha value is -0.970. The first-order valence-corrected chi connectivity index (χ1v) is 9.18. The molecule has 0 aromatic rings. The Morgan fingerprint density at radius 2 is 1.78 bits per heavy atom.